The number of halogens is 1. The minimum atomic E-state index is 0.0763. The van der Waals surface area contributed by atoms with E-state index in [1.165, 1.54) is 0 Å². The van der Waals surface area contributed by atoms with Crippen molar-refractivity contribution in [1.82, 2.24) is 20.0 Å². The quantitative estimate of drug-likeness (QED) is 0.701. The molecule has 1 aliphatic rings. The molecule has 0 bridgehead atoms. The van der Waals surface area contributed by atoms with Gasteiger partial charge in [0.25, 0.3) is 4.84 Å². The third kappa shape index (κ3) is 5.21. The molecule has 8 heteroatoms. The van der Waals surface area contributed by atoms with Crippen LogP contribution in [0.3, 0.4) is 0 Å². The highest BCUT2D eigenvalue weighted by atomic mass is 35.5. The first-order chi connectivity index (χ1) is 13.3. The highest BCUT2D eigenvalue weighted by Crippen LogP contribution is 2.22. The molecule has 1 N–H and O–H groups in total. The zero-order valence-electron chi connectivity index (χ0n) is 16.5. The molecule has 2 heterocycles. The number of piperidine rings is 1. The van der Waals surface area contributed by atoms with Gasteiger partial charge in [-0.2, -0.15) is 0 Å². The SMILES string of the molecule is CC(C)C(C)NC(=O)C1CCN(Cn2nc(-c3ccc(Cl)cc3)oc2=S)CC1. The van der Waals surface area contributed by atoms with Crippen LogP contribution in [-0.4, -0.2) is 39.7 Å². The predicted molar refractivity (Wildman–Crippen MR) is 113 cm³/mol. The lowest BCUT2D eigenvalue weighted by molar-refractivity contribution is -0.127. The van der Waals surface area contributed by atoms with Crippen LogP contribution in [0.15, 0.2) is 28.7 Å². The average molecular weight is 423 g/mol. The van der Waals surface area contributed by atoms with E-state index in [1.807, 2.05) is 12.1 Å². The first-order valence-corrected chi connectivity index (χ1v) is 10.5. The Balaban J connectivity index is 1.56. The molecule has 1 aromatic carbocycles. The van der Waals surface area contributed by atoms with Gasteiger partial charge >= 0.3 is 0 Å². The molecule has 1 aliphatic heterocycles. The van der Waals surface area contributed by atoms with Crippen molar-refractivity contribution in [2.24, 2.45) is 11.8 Å². The standard InChI is InChI=1S/C20H27ClN4O2S/c1-13(2)14(3)22-18(26)15-8-10-24(11-9-15)12-25-20(28)27-19(23-25)16-4-6-17(21)7-5-16/h4-7,13-15H,8-12H2,1-3H3,(H,22,26). The summed E-state index contributed by atoms with van der Waals surface area (Å²) in [6, 6.07) is 7.50. The van der Waals surface area contributed by atoms with E-state index in [0.29, 0.717) is 28.3 Å². The van der Waals surface area contributed by atoms with Crippen molar-refractivity contribution >= 4 is 29.7 Å². The number of likely N-dealkylation sites (tertiary alicyclic amines) is 1. The Bertz CT molecular complexity index is 854. The molecule has 0 saturated carbocycles. The molecule has 1 saturated heterocycles. The number of aromatic nitrogens is 2. The smallest absolute Gasteiger partial charge is 0.288 e. The van der Waals surface area contributed by atoms with Crippen LogP contribution >= 0.6 is 23.8 Å². The van der Waals surface area contributed by atoms with Crippen molar-refractivity contribution in [3.05, 3.63) is 34.1 Å². The second-order valence-electron chi connectivity index (χ2n) is 7.75. The molecule has 28 heavy (non-hydrogen) atoms. The Morgan fingerprint density at radius 3 is 2.54 bits per heavy atom. The lowest BCUT2D eigenvalue weighted by Crippen LogP contribution is -2.44. The number of amides is 1. The van der Waals surface area contributed by atoms with Crippen molar-refractivity contribution in [2.75, 3.05) is 13.1 Å². The minimum absolute atomic E-state index is 0.0763. The monoisotopic (exact) mass is 422 g/mol. The van der Waals surface area contributed by atoms with Gasteiger partial charge in [-0.05, 0) is 62.2 Å². The van der Waals surface area contributed by atoms with E-state index < -0.39 is 0 Å². The third-order valence-corrected chi connectivity index (χ3v) is 5.91. The molecule has 0 aliphatic carbocycles. The summed E-state index contributed by atoms with van der Waals surface area (Å²) in [5, 5.41) is 8.29. The molecule has 1 atom stereocenters. The molecule has 0 spiro atoms. The molecule has 1 unspecified atom stereocenters. The van der Waals surface area contributed by atoms with Gasteiger partial charge in [0.1, 0.15) is 0 Å². The highest BCUT2D eigenvalue weighted by molar-refractivity contribution is 7.71. The summed E-state index contributed by atoms with van der Waals surface area (Å²) >= 11 is 11.3. The van der Waals surface area contributed by atoms with Gasteiger partial charge in [-0.3, -0.25) is 9.69 Å². The summed E-state index contributed by atoms with van der Waals surface area (Å²) in [5.41, 5.74) is 0.837. The number of carbonyl (C=O) groups is 1. The van der Waals surface area contributed by atoms with Gasteiger partial charge in [0.2, 0.25) is 11.8 Å². The van der Waals surface area contributed by atoms with Crippen molar-refractivity contribution in [3.63, 3.8) is 0 Å². The van der Waals surface area contributed by atoms with E-state index in [2.05, 4.69) is 36.1 Å². The molecular formula is C20H27ClN4O2S. The second kappa shape index (κ2) is 9.20. The second-order valence-corrected chi connectivity index (χ2v) is 8.54. The first-order valence-electron chi connectivity index (χ1n) is 9.70. The summed E-state index contributed by atoms with van der Waals surface area (Å²) in [7, 11) is 0. The van der Waals surface area contributed by atoms with E-state index >= 15 is 0 Å². The topological polar surface area (TPSA) is 63.3 Å². The Morgan fingerprint density at radius 2 is 1.93 bits per heavy atom. The number of carbonyl (C=O) groups excluding carboxylic acids is 1. The zero-order chi connectivity index (χ0) is 20.3. The minimum Gasteiger partial charge on any atom is -0.409 e. The number of nitrogens with one attached hydrogen (secondary N) is 1. The van der Waals surface area contributed by atoms with Crippen LogP contribution in [0.2, 0.25) is 5.02 Å². The molecule has 0 radical (unpaired) electrons. The van der Waals surface area contributed by atoms with Gasteiger partial charge in [0.05, 0.1) is 6.67 Å². The van der Waals surface area contributed by atoms with Crippen LogP contribution in [0.4, 0.5) is 0 Å². The van der Waals surface area contributed by atoms with E-state index in [0.717, 1.165) is 31.5 Å². The number of hydrogen-bond acceptors (Lipinski definition) is 5. The summed E-state index contributed by atoms with van der Waals surface area (Å²) in [5.74, 6) is 1.17. The Hall–Kier alpha value is -1.70. The number of benzene rings is 1. The van der Waals surface area contributed by atoms with Gasteiger partial charge in [-0.1, -0.05) is 25.4 Å². The zero-order valence-corrected chi connectivity index (χ0v) is 18.1. The van der Waals surface area contributed by atoms with Gasteiger partial charge in [-0.25, -0.2) is 4.68 Å². The molecular weight excluding hydrogens is 396 g/mol. The summed E-state index contributed by atoms with van der Waals surface area (Å²) in [6.45, 7) is 8.52. The van der Waals surface area contributed by atoms with Crippen LogP contribution in [0.5, 0.6) is 0 Å². The molecule has 1 fully saturated rings. The van der Waals surface area contributed by atoms with E-state index in [1.54, 1.807) is 16.8 Å². The molecule has 1 aromatic heterocycles. The Labute approximate surface area is 175 Å². The van der Waals surface area contributed by atoms with Crippen LogP contribution in [0, 0.1) is 16.7 Å². The maximum atomic E-state index is 12.4. The molecule has 152 valence electrons. The summed E-state index contributed by atoms with van der Waals surface area (Å²) in [4.78, 5) is 15.0. The van der Waals surface area contributed by atoms with Gasteiger partial charge in [0.15, 0.2) is 0 Å². The van der Waals surface area contributed by atoms with Gasteiger partial charge in [-0.15, -0.1) is 5.10 Å². The Morgan fingerprint density at radius 1 is 1.29 bits per heavy atom. The van der Waals surface area contributed by atoms with Crippen LogP contribution in [0.1, 0.15) is 33.6 Å². The van der Waals surface area contributed by atoms with Crippen molar-refractivity contribution in [1.29, 1.82) is 0 Å². The predicted octanol–water partition coefficient (Wildman–Crippen LogP) is 4.36. The lowest BCUT2D eigenvalue weighted by Gasteiger charge is -2.31. The maximum Gasteiger partial charge on any atom is 0.288 e. The van der Waals surface area contributed by atoms with Crippen LogP contribution < -0.4 is 5.32 Å². The van der Waals surface area contributed by atoms with Crippen LogP contribution in [-0.2, 0) is 11.5 Å². The third-order valence-electron chi connectivity index (χ3n) is 5.36. The fourth-order valence-electron chi connectivity index (χ4n) is 3.14. The fraction of sp³-hybridized carbons (Fsp3) is 0.550. The molecule has 3 rings (SSSR count). The normalized spacial score (nSPS) is 17.0. The number of nitrogens with zero attached hydrogens (tertiary/aromatic N) is 3. The lowest BCUT2D eigenvalue weighted by atomic mass is 9.95. The van der Waals surface area contributed by atoms with Gasteiger partial charge < -0.3 is 9.73 Å². The van der Waals surface area contributed by atoms with Crippen LogP contribution in [0.25, 0.3) is 11.5 Å². The fourth-order valence-corrected chi connectivity index (χ4v) is 3.44. The highest BCUT2D eigenvalue weighted by Gasteiger charge is 2.26. The number of rotatable bonds is 6. The van der Waals surface area contributed by atoms with Crippen molar-refractivity contribution in [2.45, 2.75) is 46.3 Å². The van der Waals surface area contributed by atoms with E-state index in [-0.39, 0.29) is 17.9 Å². The Kier molecular flexibility index (Phi) is 6.91. The average Bonchev–Trinajstić information content (AvgIpc) is 3.03. The molecule has 2 aromatic rings. The summed E-state index contributed by atoms with van der Waals surface area (Å²) < 4.78 is 7.34. The number of hydrogen-bond donors (Lipinski definition) is 1. The van der Waals surface area contributed by atoms with Gasteiger partial charge in [0, 0.05) is 35.6 Å². The molecule has 6 nitrogen and oxygen atoms in total. The van der Waals surface area contributed by atoms with E-state index in [4.69, 9.17) is 28.2 Å². The van der Waals surface area contributed by atoms with E-state index in [9.17, 15) is 4.79 Å². The first kappa shape index (κ1) is 21.0. The van der Waals surface area contributed by atoms with Crippen molar-refractivity contribution in [3.8, 4) is 11.5 Å². The van der Waals surface area contributed by atoms with Crippen molar-refractivity contribution < 1.29 is 9.21 Å². The largest absolute Gasteiger partial charge is 0.409 e. The summed E-state index contributed by atoms with van der Waals surface area (Å²) in [6.07, 6.45) is 1.68. The molecule has 1 amide bonds. The maximum absolute atomic E-state index is 12.4.